The molecule has 4 heteroatoms. The predicted molar refractivity (Wildman–Crippen MR) is 64.7 cm³/mol. The number of rotatable bonds is 7. The molecule has 0 aromatic heterocycles. The van der Waals surface area contributed by atoms with Crippen molar-refractivity contribution in [3.05, 3.63) is 29.0 Å². The summed E-state index contributed by atoms with van der Waals surface area (Å²) < 4.78 is 18.4. The molecule has 2 nitrogen and oxygen atoms in total. The fourth-order valence-electron chi connectivity index (χ4n) is 1.29. The molecule has 1 aromatic carbocycles. The third-order valence-corrected chi connectivity index (χ3v) is 2.46. The van der Waals surface area contributed by atoms with Crippen LogP contribution in [-0.2, 0) is 0 Å². The highest BCUT2D eigenvalue weighted by Crippen LogP contribution is 2.20. The predicted octanol–water partition coefficient (Wildman–Crippen LogP) is 3.25. The molecule has 0 aliphatic rings. The molecule has 1 rings (SSSR count). The molecule has 90 valence electrons. The monoisotopic (exact) mass is 245 g/mol. The lowest BCUT2D eigenvalue weighted by Crippen LogP contribution is -2.14. The Hall–Kier alpha value is -0.800. The fourth-order valence-corrected chi connectivity index (χ4v) is 1.40. The Bertz CT molecular complexity index is 320. The molecule has 0 aliphatic heterocycles. The lowest BCUT2D eigenvalue weighted by molar-refractivity contribution is 0.304. The molecule has 0 unspecified atom stereocenters. The topological polar surface area (TPSA) is 21.3 Å². The highest BCUT2D eigenvalue weighted by molar-refractivity contribution is 6.30. The van der Waals surface area contributed by atoms with Crippen LogP contribution in [0.15, 0.2) is 18.2 Å². The van der Waals surface area contributed by atoms with Gasteiger partial charge >= 0.3 is 0 Å². The van der Waals surface area contributed by atoms with Gasteiger partial charge in [-0.2, -0.15) is 0 Å². The lowest BCUT2D eigenvalue weighted by Gasteiger charge is -2.06. The van der Waals surface area contributed by atoms with Gasteiger partial charge in [0.15, 0.2) is 0 Å². The summed E-state index contributed by atoms with van der Waals surface area (Å²) >= 11 is 5.56. The van der Waals surface area contributed by atoms with Crippen molar-refractivity contribution in [2.75, 3.05) is 19.7 Å². The zero-order valence-corrected chi connectivity index (χ0v) is 10.2. The van der Waals surface area contributed by atoms with Crippen LogP contribution >= 0.6 is 11.6 Å². The Balaban J connectivity index is 2.19. The van der Waals surface area contributed by atoms with Crippen molar-refractivity contribution in [1.82, 2.24) is 5.32 Å². The van der Waals surface area contributed by atoms with E-state index in [1.165, 1.54) is 12.1 Å². The summed E-state index contributed by atoms with van der Waals surface area (Å²) in [7, 11) is 0. The van der Waals surface area contributed by atoms with Crippen LogP contribution in [0, 0.1) is 5.82 Å². The minimum atomic E-state index is -0.438. The van der Waals surface area contributed by atoms with E-state index in [-0.39, 0.29) is 5.02 Å². The Labute approximate surface area is 101 Å². The van der Waals surface area contributed by atoms with Crippen LogP contribution in [0.2, 0.25) is 5.02 Å². The number of hydrogen-bond donors (Lipinski definition) is 1. The molecule has 0 radical (unpaired) electrons. The minimum Gasteiger partial charge on any atom is -0.493 e. The molecule has 0 atom stereocenters. The maximum Gasteiger partial charge on any atom is 0.145 e. The number of halogens is 2. The molecule has 0 heterocycles. The van der Waals surface area contributed by atoms with Crippen LogP contribution in [-0.4, -0.2) is 19.7 Å². The summed E-state index contributed by atoms with van der Waals surface area (Å²) in [6, 6.07) is 4.49. The molecule has 0 fully saturated rings. The molecule has 0 amide bonds. The van der Waals surface area contributed by atoms with Crippen molar-refractivity contribution in [3.63, 3.8) is 0 Å². The second kappa shape index (κ2) is 7.47. The average Bonchev–Trinajstić information content (AvgIpc) is 2.28. The third kappa shape index (κ3) is 4.81. The van der Waals surface area contributed by atoms with E-state index in [1.54, 1.807) is 6.07 Å². The Morgan fingerprint density at radius 3 is 2.88 bits per heavy atom. The first kappa shape index (κ1) is 13.3. The molecule has 0 spiro atoms. The largest absolute Gasteiger partial charge is 0.493 e. The van der Waals surface area contributed by atoms with Crippen molar-refractivity contribution in [2.24, 2.45) is 0 Å². The fraction of sp³-hybridized carbons (Fsp3) is 0.500. The van der Waals surface area contributed by atoms with Gasteiger partial charge < -0.3 is 10.1 Å². The minimum absolute atomic E-state index is 0.125. The molecule has 1 N–H and O–H groups in total. The summed E-state index contributed by atoms with van der Waals surface area (Å²) in [4.78, 5) is 0. The van der Waals surface area contributed by atoms with Crippen LogP contribution in [0.5, 0.6) is 5.75 Å². The average molecular weight is 246 g/mol. The molecule has 0 bridgehead atoms. The van der Waals surface area contributed by atoms with Crippen LogP contribution in [0.4, 0.5) is 4.39 Å². The van der Waals surface area contributed by atoms with E-state index in [0.29, 0.717) is 12.4 Å². The number of ether oxygens (including phenoxy) is 1. The van der Waals surface area contributed by atoms with E-state index < -0.39 is 5.82 Å². The third-order valence-electron chi connectivity index (χ3n) is 2.16. The maximum absolute atomic E-state index is 13.0. The first-order valence-electron chi connectivity index (χ1n) is 5.52. The SMILES string of the molecule is CCNCCCCOc1ccc(Cl)c(F)c1. The van der Waals surface area contributed by atoms with Crippen molar-refractivity contribution < 1.29 is 9.13 Å². The van der Waals surface area contributed by atoms with E-state index in [4.69, 9.17) is 16.3 Å². The zero-order chi connectivity index (χ0) is 11.8. The van der Waals surface area contributed by atoms with Crippen molar-refractivity contribution >= 4 is 11.6 Å². The van der Waals surface area contributed by atoms with E-state index in [9.17, 15) is 4.39 Å². The summed E-state index contributed by atoms with van der Waals surface area (Å²) in [6.45, 7) is 4.66. The van der Waals surface area contributed by atoms with Gasteiger partial charge in [0.2, 0.25) is 0 Å². The molecule has 0 aliphatic carbocycles. The van der Waals surface area contributed by atoms with Gasteiger partial charge in [-0.15, -0.1) is 0 Å². The van der Waals surface area contributed by atoms with Crippen LogP contribution in [0.3, 0.4) is 0 Å². The van der Waals surface area contributed by atoms with Gasteiger partial charge in [-0.3, -0.25) is 0 Å². The van der Waals surface area contributed by atoms with Gasteiger partial charge in [-0.25, -0.2) is 4.39 Å². The van der Waals surface area contributed by atoms with Gasteiger partial charge in [-0.05, 0) is 38.1 Å². The molecule has 0 saturated heterocycles. The first-order chi connectivity index (χ1) is 7.74. The van der Waals surface area contributed by atoms with E-state index in [1.807, 2.05) is 0 Å². The molecule has 1 aromatic rings. The van der Waals surface area contributed by atoms with Gasteiger partial charge in [-0.1, -0.05) is 18.5 Å². The first-order valence-corrected chi connectivity index (χ1v) is 5.90. The zero-order valence-electron chi connectivity index (χ0n) is 9.43. The number of hydrogen-bond acceptors (Lipinski definition) is 2. The lowest BCUT2D eigenvalue weighted by atomic mass is 10.3. The Morgan fingerprint density at radius 2 is 2.19 bits per heavy atom. The van der Waals surface area contributed by atoms with Gasteiger partial charge in [0.25, 0.3) is 0 Å². The number of benzene rings is 1. The second-order valence-electron chi connectivity index (χ2n) is 3.49. The standard InChI is InChI=1S/C12H17ClFNO/c1-2-15-7-3-4-8-16-10-5-6-11(13)12(14)9-10/h5-6,9,15H,2-4,7-8H2,1H3. The van der Waals surface area contributed by atoms with E-state index in [0.717, 1.165) is 25.9 Å². The van der Waals surface area contributed by atoms with Crippen molar-refractivity contribution in [2.45, 2.75) is 19.8 Å². The molecule has 16 heavy (non-hydrogen) atoms. The second-order valence-corrected chi connectivity index (χ2v) is 3.89. The van der Waals surface area contributed by atoms with E-state index >= 15 is 0 Å². The molecule has 0 saturated carbocycles. The smallest absolute Gasteiger partial charge is 0.145 e. The van der Waals surface area contributed by atoms with Crippen LogP contribution < -0.4 is 10.1 Å². The Kier molecular flexibility index (Phi) is 6.19. The normalized spacial score (nSPS) is 10.4. The maximum atomic E-state index is 13.0. The summed E-state index contributed by atoms with van der Waals surface area (Å²) in [5, 5.41) is 3.36. The highest BCUT2D eigenvalue weighted by atomic mass is 35.5. The Morgan fingerprint density at radius 1 is 1.38 bits per heavy atom. The molecular formula is C12H17ClFNO. The summed E-state index contributed by atoms with van der Waals surface area (Å²) in [5.74, 6) is 0.0946. The number of unbranched alkanes of at least 4 members (excludes halogenated alkanes) is 1. The quantitative estimate of drug-likeness (QED) is 0.745. The number of nitrogens with one attached hydrogen (secondary N) is 1. The summed E-state index contributed by atoms with van der Waals surface area (Å²) in [6.07, 6.45) is 2.02. The summed E-state index contributed by atoms with van der Waals surface area (Å²) in [5.41, 5.74) is 0. The van der Waals surface area contributed by atoms with E-state index in [2.05, 4.69) is 12.2 Å². The van der Waals surface area contributed by atoms with Gasteiger partial charge in [0.05, 0.1) is 11.6 Å². The van der Waals surface area contributed by atoms with Crippen LogP contribution in [0.25, 0.3) is 0 Å². The highest BCUT2D eigenvalue weighted by Gasteiger charge is 2.01. The van der Waals surface area contributed by atoms with Crippen LogP contribution in [0.1, 0.15) is 19.8 Å². The van der Waals surface area contributed by atoms with Gasteiger partial charge in [0.1, 0.15) is 11.6 Å². The molecular weight excluding hydrogens is 229 g/mol. The van der Waals surface area contributed by atoms with Crippen molar-refractivity contribution in [1.29, 1.82) is 0 Å². The van der Waals surface area contributed by atoms with Gasteiger partial charge in [0, 0.05) is 6.07 Å². The van der Waals surface area contributed by atoms with Crippen molar-refractivity contribution in [3.8, 4) is 5.75 Å².